The molecule has 4 rings (SSSR count). The van der Waals surface area contributed by atoms with E-state index in [1.165, 1.54) is 0 Å². The number of nitrogen functional groups attached to an aromatic ring is 1. The fourth-order valence-electron chi connectivity index (χ4n) is 3.61. The van der Waals surface area contributed by atoms with Crippen LogP contribution in [-0.2, 0) is 6.54 Å². The molecule has 0 bridgehead atoms. The lowest BCUT2D eigenvalue weighted by molar-refractivity contribution is -0.503. The number of aryl methyl sites for hydroxylation is 1. The molecule has 4 heterocycles. The van der Waals surface area contributed by atoms with E-state index >= 15 is 0 Å². The number of ether oxygens (including phenoxy) is 1. The average Bonchev–Trinajstić information content (AvgIpc) is 3.36. The fraction of sp³-hybridized carbons (Fsp3) is 0.318. The van der Waals surface area contributed by atoms with Gasteiger partial charge in [-0.3, -0.25) is 9.56 Å². The predicted molar refractivity (Wildman–Crippen MR) is 122 cm³/mol. The Bertz CT molecular complexity index is 1280. The molecule has 0 amide bonds. The smallest absolute Gasteiger partial charge is 0.281 e. The monoisotopic (exact) mass is 436 g/mol. The highest BCUT2D eigenvalue weighted by Gasteiger charge is 2.17. The maximum absolute atomic E-state index is 6.42. The molecule has 8 nitrogen and oxygen atoms in total. The molecule has 1 aliphatic heterocycles. The van der Waals surface area contributed by atoms with Crippen LogP contribution in [-0.4, -0.2) is 56.8 Å². The van der Waals surface area contributed by atoms with E-state index in [0.717, 1.165) is 41.2 Å². The van der Waals surface area contributed by atoms with Gasteiger partial charge in [0.1, 0.15) is 23.1 Å². The lowest BCUT2D eigenvalue weighted by Gasteiger charge is -2.13. The van der Waals surface area contributed by atoms with Crippen LogP contribution in [0.1, 0.15) is 28.8 Å². The van der Waals surface area contributed by atoms with E-state index in [1.807, 2.05) is 43.4 Å². The number of hydrogen-bond donors (Lipinski definition) is 1. The fourth-order valence-corrected chi connectivity index (χ4v) is 3.89. The molecular formula is C22H23ClN7O+. The highest BCUT2D eigenvalue weighted by Crippen LogP contribution is 2.29. The minimum absolute atomic E-state index is 0.118. The first-order valence-electron chi connectivity index (χ1n) is 9.86. The second-order valence-electron chi connectivity index (χ2n) is 7.28. The Labute approximate surface area is 185 Å². The van der Waals surface area contributed by atoms with Crippen LogP contribution in [0.5, 0.6) is 5.75 Å². The van der Waals surface area contributed by atoms with E-state index in [-0.39, 0.29) is 11.1 Å². The minimum Gasteiger partial charge on any atom is -0.496 e. The number of pyridine rings is 1. The topological polar surface area (TPSA) is 94.2 Å². The first-order chi connectivity index (χ1) is 15.0. The third-order valence-electron chi connectivity index (χ3n) is 5.16. The van der Waals surface area contributed by atoms with Crippen LogP contribution in [0.2, 0.25) is 5.15 Å². The van der Waals surface area contributed by atoms with E-state index in [4.69, 9.17) is 22.1 Å². The summed E-state index contributed by atoms with van der Waals surface area (Å²) in [5, 5.41) is 0.981. The van der Waals surface area contributed by atoms with Crippen molar-refractivity contribution >= 4 is 41.1 Å². The third-order valence-corrected chi connectivity index (χ3v) is 5.43. The molecule has 0 spiro atoms. The van der Waals surface area contributed by atoms with Crippen LogP contribution in [0.4, 0.5) is 5.95 Å². The molecule has 0 unspecified atom stereocenters. The minimum atomic E-state index is 0.118. The molecule has 0 atom stereocenters. The molecule has 3 aromatic heterocycles. The summed E-state index contributed by atoms with van der Waals surface area (Å²) < 4.78 is 9.60. The lowest BCUT2D eigenvalue weighted by atomic mass is 10.1. The van der Waals surface area contributed by atoms with Gasteiger partial charge < -0.3 is 15.0 Å². The number of methoxy groups -OCH3 is 1. The lowest BCUT2D eigenvalue weighted by Crippen LogP contribution is -2.11. The summed E-state index contributed by atoms with van der Waals surface area (Å²) in [5.74, 6) is 7.38. The molecule has 0 fully saturated rings. The van der Waals surface area contributed by atoms with Gasteiger partial charge in [0, 0.05) is 29.9 Å². The van der Waals surface area contributed by atoms with Gasteiger partial charge in [-0.2, -0.15) is 4.98 Å². The predicted octanol–water partition coefficient (Wildman–Crippen LogP) is 2.60. The second kappa shape index (κ2) is 8.74. The molecule has 0 saturated heterocycles. The molecule has 0 aliphatic carbocycles. The molecule has 0 radical (unpaired) electrons. The highest BCUT2D eigenvalue weighted by atomic mass is 35.5. The second-order valence-corrected chi connectivity index (χ2v) is 7.64. The number of aliphatic imine (C=N–C) groups is 1. The normalized spacial score (nSPS) is 12.7. The Morgan fingerprint density at radius 3 is 2.90 bits per heavy atom. The molecule has 2 N–H and O–H groups in total. The first-order valence-corrected chi connectivity index (χ1v) is 10.2. The molecule has 9 heteroatoms. The standard InChI is InChI=1S/C22H23ClN7O/c1-14-10-26-17(15(2)19(14)31-3)12-30-11-16(6-4-5-8-29-9-7-25-13-29)18-20(23)27-22(24)28-21(18)30/h7,10-11,13H,5,8-9,12H2,1-3H3,(H2,24,27,28)/q+1. The maximum atomic E-state index is 6.42. The Hall–Kier alpha value is -3.44. The number of hydrogen-bond acceptors (Lipinski definition) is 6. The zero-order valence-corrected chi connectivity index (χ0v) is 18.4. The van der Waals surface area contributed by atoms with E-state index < -0.39 is 0 Å². The average molecular weight is 437 g/mol. The Morgan fingerprint density at radius 1 is 1.32 bits per heavy atom. The molecule has 0 saturated carbocycles. The Morgan fingerprint density at radius 2 is 2.16 bits per heavy atom. The van der Waals surface area contributed by atoms with Crippen molar-refractivity contribution in [3.05, 3.63) is 39.9 Å². The maximum Gasteiger partial charge on any atom is 0.281 e. The van der Waals surface area contributed by atoms with Crippen molar-refractivity contribution in [1.29, 1.82) is 0 Å². The first kappa shape index (κ1) is 20.8. The SMILES string of the molecule is COc1c(C)cnc(Cn2cc(C#CCC[N+]3=CN=CC3)c3c(Cl)nc(N)nc32)c1C. The number of anilines is 1. The van der Waals surface area contributed by atoms with Gasteiger partial charge >= 0.3 is 0 Å². The van der Waals surface area contributed by atoms with Crippen molar-refractivity contribution in [1.82, 2.24) is 19.5 Å². The van der Waals surface area contributed by atoms with Crippen LogP contribution in [0.25, 0.3) is 11.0 Å². The van der Waals surface area contributed by atoms with E-state index in [0.29, 0.717) is 24.0 Å². The zero-order valence-electron chi connectivity index (χ0n) is 17.7. The van der Waals surface area contributed by atoms with E-state index in [1.54, 1.807) is 7.11 Å². The van der Waals surface area contributed by atoms with Gasteiger partial charge in [0.15, 0.2) is 6.21 Å². The molecule has 158 valence electrons. The largest absolute Gasteiger partial charge is 0.496 e. The molecule has 1 aliphatic rings. The molecular weight excluding hydrogens is 414 g/mol. The summed E-state index contributed by atoms with van der Waals surface area (Å²) in [4.78, 5) is 17.2. The number of nitrogens with zero attached hydrogens (tertiary/aromatic N) is 6. The van der Waals surface area contributed by atoms with Crippen molar-refractivity contribution in [2.45, 2.75) is 26.8 Å². The van der Waals surface area contributed by atoms with Crippen molar-refractivity contribution < 1.29 is 9.31 Å². The van der Waals surface area contributed by atoms with Gasteiger partial charge in [-0.1, -0.05) is 28.4 Å². The van der Waals surface area contributed by atoms with Crippen molar-refractivity contribution in [3.63, 3.8) is 0 Å². The molecule has 0 aromatic carbocycles. The Balaban J connectivity index is 1.70. The molecule has 31 heavy (non-hydrogen) atoms. The van der Waals surface area contributed by atoms with Gasteiger partial charge in [0.05, 0.1) is 36.8 Å². The van der Waals surface area contributed by atoms with E-state index in [2.05, 4.69) is 36.4 Å². The third kappa shape index (κ3) is 4.23. The van der Waals surface area contributed by atoms with Crippen molar-refractivity contribution in [3.8, 4) is 17.6 Å². The quantitative estimate of drug-likeness (QED) is 0.377. The number of fused-ring (bicyclic) bond motifs is 1. The van der Waals surface area contributed by atoms with Crippen LogP contribution >= 0.6 is 11.6 Å². The van der Waals surface area contributed by atoms with Crippen molar-refractivity contribution in [2.75, 3.05) is 25.9 Å². The van der Waals surface area contributed by atoms with Gasteiger partial charge in [-0.05, 0) is 13.8 Å². The summed E-state index contributed by atoms with van der Waals surface area (Å²) >= 11 is 6.42. The number of nitrogens with two attached hydrogens (primary N) is 1. The number of halogens is 1. The summed E-state index contributed by atoms with van der Waals surface area (Å²) in [7, 11) is 1.66. The summed E-state index contributed by atoms with van der Waals surface area (Å²) in [6.45, 7) is 6.09. The highest BCUT2D eigenvalue weighted by molar-refractivity contribution is 6.34. The van der Waals surface area contributed by atoms with Gasteiger partial charge in [0.25, 0.3) is 6.34 Å². The number of rotatable bonds is 5. The van der Waals surface area contributed by atoms with Crippen LogP contribution in [0.3, 0.4) is 0 Å². The molecule has 3 aromatic rings. The van der Waals surface area contributed by atoms with Gasteiger partial charge in [0.2, 0.25) is 5.95 Å². The van der Waals surface area contributed by atoms with Crippen molar-refractivity contribution in [2.24, 2.45) is 4.99 Å². The van der Waals surface area contributed by atoms with Gasteiger partial charge in [-0.15, -0.1) is 0 Å². The van der Waals surface area contributed by atoms with Crippen LogP contribution < -0.4 is 10.5 Å². The van der Waals surface area contributed by atoms with Gasteiger partial charge in [-0.25, -0.2) is 4.98 Å². The summed E-state index contributed by atoms with van der Waals surface area (Å²) in [6.07, 6.45) is 8.14. The number of aromatic nitrogens is 4. The van der Waals surface area contributed by atoms with Crippen LogP contribution in [0.15, 0.2) is 17.4 Å². The van der Waals surface area contributed by atoms with Crippen LogP contribution in [0, 0.1) is 25.7 Å². The summed E-state index contributed by atoms with van der Waals surface area (Å²) in [5.41, 5.74) is 10.1. The van der Waals surface area contributed by atoms with E-state index in [9.17, 15) is 0 Å². The summed E-state index contributed by atoms with van der Waals surface area (Å²) in [6, 6.07) is 0. The Kier molecular flexibility index (Phi) is 5.87. The zero-order chi connectivity index (χ0) is 22.0.